The van der Waals surface area contributed by atoms with Crippen molar-refractivity contribution >= 4 is 0 Å². The lowest BCUT2D eigenvalue weighted by Gasteiger charge is -2.32. The SMILES string of the molecule is Cc1cnc(C)c(OC2COC3(CCNCC3)C2)n1. The Balaban J connectivity index is 1.66. The molecule has 1 spiro atoms. The zero-order valence-electron chi connectivity index (χ0n) is 11.6. The summed E-state index contributed by atoms with van der Waals surface area (Å²) in [7, 11) is 0. The molecule has 19 heavy (non-hydrogen) atoms. The summed E-state index contributed by atoms with van der Waals surface area (Å²) in [6, 6.07) is 0. The van der Waals surface area contributed by atoms with Crippen LogP contribution in [0.15, 0.2) is 6.20 Å². The van der Waals surface area contributed by atoms with Crippen molar-refractivity contribution in [2.24, 2.45) is 0 Å². The fourth-order valence-electron chi connectivity index (χ4n) is 2.89. The van der Waals surface area contributed by atoms with Crippen molar-refractivity contribution in [1.82, 2.24) is 15.3 Å². The van der Waals surface area contributed by atoms with Gasteiger partial charge in [0.2, 0.25) is 5.88 Å². The van der Waals surface area contributed by atoms with Crippen LogP contribution >= 0.6 is 0 Å². The van der Waals surface area contributed by atoms with Gasteiger partial charge < -0.3 is 14.8 Å². The van der Waals surface area contributed by atoms with Gasteiger partial charge in [0.1, 0.15) is 6.10 Å². The van der Waals surface area contributed by atoms with Crippen LogP contribution in [0.4, 0.5) is 0 Å². The third-order valence-corrected chi connectivity index (χ3v) is 4.00. The van der Waals surface area contributed by atoms with Gasteiger partial charge in [-0.2, -0.15) is 0 Å². The summed E-state index contributed by atoms with van der Waals surface area (Å²) in [5, 5.41) is 3.37. The van der Waals surface area contributed by atoms with E-state index >= 15 is 0 Å². The minimum atomic E-state index is 0.0288. The Hall–Kier alpha value is -1.20. The number of nitrogens with one attached hydrogen (secondary N) is 1. The summed E-state index contributed by atoms with van der Waals surface area (Å²) >= 11 is 0. The van der Waals surface area contributed by atoms with Crippen molar-refractivity contribution in [3.05, 3.63) is 17.6 Å². The molecule has 3 heterocycles. The summed E-state index contributed by atoms with van der Waals surface area (Å²) in [5.74, 6) is 0.652. The summed E-state index contributed by atoms with van der Waals surface area (Å²) in [5.41, 5.74) is 1.76. The predicted molar refractivity (Wildman–Crippen MR) is 71.3 cm³/mol. The molecule has 1 unspecified atom stereocenters. The summed E-state index contributed by atoms with van der Waals surface area (Å²) in [6.45, 7) is 6.59. The van der Waals surface area contributed by atoms with Crippen molar-refractivity contribution in [2.45, 2.75) is 44.8 Å². The molecule has 1 aromatic heterocycles. The Morgan fingerprint density at radius 2 is 2.16 bits per heavy atom. The molecular formula is C14H21N3O2. The third-order valence-electron chi connectivity index (χ3n) is 4.00. The number of nitrogens with zero attached hydrogens (tertiary/aromatic N) is 2. The van der Waals surface area contributed by atoms with Gasteiger partial charge in [-0.15, -0.1) is 0 Å². The van der Waals surface area contributed by atoms with Gasteiger partial charge >= 0.3 is 0 Å². The van der Waals surface area contributed by atoms with E-state index < -0.39 is 0 Å². The number of aromatic nitrogens is 2. The molecule has 0 aromatic carbocycles. The van der Waals surface area contributed by atoms with Crippen molar-refractivity contribution in [3.8, 4) is 5.88 Å². The van der Waals surface area contributed by atoms with Crippen LogP contribution in [0.5, 0.6) is 5.88 Å². The molecule has 2 fully saturated rings. The summed E-state index contributed by atoms with van der Waals surface area (Å²) < 4.78 is 12.0. The van der Waals surface area contributed by atoms with Crippen LogP contribution in [0.25, 0.3) is 0 Å². The molecule has 0 saturated carbocycles. The molecule has 104 valence electrons. The van der Waals surface area contributed by atoms with E-state index in [-0.39, 0.29) is 11.7 Å². The highest BCUT2D eigenvalue weighted by atomic mass is 16.6. The normalized spacial score (nSPS) is 25.7. The molecule has 1 aromatic rings. The summed E-state index contributed by atoms with van der Waals surface area (Å²) in [4.78, 5) is 8.70. The minimum absolute atomic E-state index is 0.0288. The van der Waals surface area contributed by atoms with Crippen LogP contribution in [0, 0.1) is 13.8 Å². The minimum Gasteiger partial charge on any atom is -0.470 e. The molecule has 3 rings (SSSR count). The molecule has 1 atom stereocenters. The van der Waals surface area contributed by atoms with Crippen LogP contribution in [-0.4, -0.2) is 41.4 Å². The van der Waals surface area contributed by atoms with E-state index in [1.807, 2.05) is 13.8 Å². The van der Waals surface area contributed by atoms with E-state index in [2.05, 4.69) is 15.3 Å². The van der Waals surface area contributed by atoms with E-state index in [4.69, 9.17) is 9.47 Å². The number of hydrogen-bond acceptors (Lipinski definition) is 5. The van der Waals surface area contributed by atoms with Crippen molar-refractivity contribution in [3.63, 3.8) is 0 Å². The van der Waals surface area contributed by atoms with Crippen molar-refractivity contribution < 1.29 is 9.47 Å². The van der Waals surface area contributed by atoms with Crippen molar-refractivity contribution in [2.75, 3.05) is 19.7 Å². The van der Waals surface area contributed by atoms with Gasteiger partial charge in [0.15, 0.2) is 0 Å². The van der Waals surface area contributed by atoms with E-state index in [9.17, 15) is 0 Å². The first-order valence-corrected chi connectivity index (χ1v) is 6.98. The van der Waals surface area contributed by atoms with E-state index in [1.165, 1.54) is 0 Å². The number of piperidine rings is 1. The smallest absolute Gasteiger partial charge is 0.235 e. The first-order chi connectivity index (χ1) is 9.17. The third kappa shape index (κ3) is 2.72. The number of ether oxygens (including phenoxy) is 2. The lowest BCUT2D eigenvalue weighted by molar-refractivity contribution is -0.0206. The first kappa shape index (κ1) is 12.8. The standard InChI is InChI=1S/C14H21N3O2/c1-10-8-16-11(2)13(17-10)19-12-7-14(18-9-12)3-5-15-6-4-14/h8,12,15H,3-7,9H2,1-2H3. The Bertz CT molecular complexity index is 458. The van der Waals surface area contributed by atoms with Gasteiger partial charge in [0.25, 0.3) is 0 Å². The maximum absolute atomic E-state index is 6.02. The fraction of sp³-hybridized carbons (Fsp3) is 0.714. The Labute approximate surface area is 113 Å². The molecule has 5 heteroatoms. The average molecular weight is 263 g/mol. The molecule has 0 bridgehead atoms. The highest BCUT2D eigenvalue weighted by Crippen LogP contribution is 2.35. The first-order valence-electron chi connectivity index (χ1n) is 6.98. The van der Waals surface area contributed by atoms with Gasteiger partial charge in [-0.3, -0.25) is 4.98 Å². The van der Waals surface area contributed by atoms with Crippen LogP contribution < -0.4 is 10.1 Å². The second kappa shape index (κ2) is 5.06. The van der Waals surface area contributed by atoms with Gasteiger partial charge in [-0.05, 0) is 39.8 Å². The molecule has 0 amide bonds. The number of aryl methyl sites for hydroxylation is 2. The van der Waals surface area contributed by atoms with Crippen LogP contribution in [0.2, 0.25) is 0 Å². The van der Waals surface area contributed by atoms with Gasteiger partial charge in [0, 0.05) is 12.6 Å². The van der Waals surface area contributed by atoms with Gasteiger partial charge in [-0.25, -0.2) is 4.98 Å². The molecule has 1 N–H and O–H groups in total. The van der Waals surface area contributed by atoms with Gasteiger partial charge in [-0.1, -0.05) is 0 Å². The topological polar surface area (TPSA) is 56.3 Å². The molecule has 2 aliphatic rings. The second-order valence-corrected chi connectivity index (χ2v) is 5.59. The fourth-order valence-corrected chi connectivity index (χ4v) is 2.89. The highest BCUT2D eigenvalue weighted by molar-refractivity contribution is 5.18. The quantitative estimate of drug-likeness (QED) is 0.873. The predicted octanol–water partition coefficient (Wildman–Crippen LogP) is 1.38. The average Bonchev–Trinajstić information content (AvgIpc) is 2.78. The molecule has 0 aliphatic carbocycles. The Kier molecular flexibility index (Phi) is 3.41. The van der Waals surface area contributed by atoms with Crippen molar-refractivity contribution in [1.29, 1.82) is 0 Å². The molecular weight excluding hydrogens is 242 g/mol. The number of rotatable bonds is 2. The molecule has 2 aliphatic heterocycles. The van der Waals surface area contributed by atoms with Crippen LogP contribution in [0.3, 0.4) is 0 Å². The van der Waals surface area contributed by atoms with Gasteiger partial charge in [0.05, 0.1) is 23.6 Å². The summed E-state index contributed by atoms with van der Waals surface area (Å²) in [6.07, 6.45) is 4.98. The maximum Gasteiger partial charge on any atom is 0.235 e. The zero-order valence-corrected chi connectivity index (χ0v) is 11.6. The van der Waals surface area contributed by atoms with E-state index in [0.717, 1.165) is 43.7 Å². The molecule has 5 nitrogen and oxygen atoms in total. The molecule has 0 radical (unpaired) electrons. The lowest BCUT2D eigenvalue weighted by Crippen LogP contribution is -2.41. The van der Waals surface area contributed by atoms with Crippen LogP contribution in [-0.2, 0) is 4.74 Å². The molecule has 2 saturated heterocycles. The highest BCUT2D eigenvalue weighted by Gasteiger charge is 2.42. The lowest BCUT2D eigenvalue weighted by atomic mass is 9.89. The second-order valence-electron chi connectivity index (χ2n) is 5.59. The maximum atomic E-state index is 6.02. The van der Waals surface area contributed by atoms with E-state index in [0.29, 0.717) is 12.5 Å². The Morgan fingerprint density at radius 3 is 2.95 bits per heavy atom. The largest absolute Gasteiger partial charge is 0.470 e. The van der Waals surface area contributed by atoms with Crippen LogP contribution in [0.1, 0.15) is 30.7 Å². The Morgan fingerprint density at radius 1 is 1.37 bits per heavy atom. The zero-order chi connectivity index (χ0) is 13.3. The number of hydrogen-bond donors (Lipinski definition) is 1. The van der Waals surface area contributed by atoms with E-state index in [1.54, 1.807) is 6.20 Å². The monoisotopic (exact) mass is 263 g/mol.